The van der Waals surface area contributed by atoms with Crippen molar-refractivity contribution in [3.05, 3.63) is 51.6 Å². The lowest BCUT2D eigenvalue weighted by Gasteiger charge is -2.06. The summed E-state index contributed by atoms with van der Waals surface area (Å²) in [4.78, 5) is 14.5. The topological polar surface area (TPSA) is 39.2 Å². The van der Waals surface area contributed by atoms with Crippen LogP contribution in [0.4, 0.5) is 0 Å². The van der Waals surface area contributed by atoms with Gasteiger partial charge < -0.3 is 4.74 Å². The second-order valence-corrected chi connectivity index (χ2v) is 4.52. The van der Waals surface area contributed by atoms with Gasteiger partial charge in [-0.15, -0.1) is 0 Å². The van der Waals surface area contributed by atoms with E-state index in [1.165, 1.54) is 6.20 Å². The number of ether oxygens (including phenoxy) is 1. The first-order valence-electron chi connectivity index (χ1n) is 4.73. The van der Waals surface area contributed by atoms with Gasteiger partial charge in [-0.1, -0.05) is 11.6 Å². The number of pyridine rings is 1. The fraction of sp³-hybridized carbons (Fsp3) is 0. The molecule has 0 spiro atoms. The van der Waals surface area contributed by atoms with Gasteiger partial charge in [0.05, 0.1) is 4.47 Å². The maximum atomic E-state index is 10.5. The van der Waals surface area contributed by atoms with E-state index in [0.717, 1.165) is 10.8 Å². The average Bonchev–Trinajstić information content (AvgIpc) is 2.34. The average molecular weight is 313 g/mol. The molecule has 0 saturated carbocycles. The van der Waals surface area contributed by atoms with E-state index in [9.17, 15) is 4.79 Å². The van der Waals surface area contributed by atoms with Crippen LogP contribution < -0.4 is 4.74 Å². The smallest absolute Gasteiger partial charge is 0.219 e. The number of hydrogen-bond donors (Lipinski definition) is 0. The normalized spacial score (nSPS) is 10.0. The molecular weight excluding hydrogens is 305 g/mol. The largest absolute Gasteiger partial charge is 0.438 e. The monoisotopic (exact) mass is 311 g/mol. The van der Waals surface area contributed by atoms with Crippen LogP contribution >= 0.6 is 27.5 Å². The molecule has 0 amide bonds. The Morgan fingerprint density at radius 3 is 2.71 bits per heavy atom. The first kappa shape index (κ1) is 12.1. The summed E-state index contributed by atoms with van der Waals surface area (Å²) < 4.78 is 6.27. The SMILES string of the molecule is O=Cc1ccc(Oc2ccc(Cl)cc2Br)nc1. The third-order valence-electron chi connectivity index (χ3n) is 2.00. The van der Waals surface area contributed by atoms with Gasteiger partial charge in [-0.05, 0) is 40.2 Å². The van der Waals surface area contributed by atoms with E-state index in [1.54, 1.807) is 30.3 Å². The van der Waals surface area contributed by atoms with E-state index in [0.29, 0.717) is 22.2 Å². The van der Waals surface area contributed by atoms with Gasteiger partial charge in [0.1, 0.15) is 5.75 Å². The van der Waals surface area contributed by atoms with Crippen LogP contribution in [0.15, 0.2) is 41.0 Å². The number of carbonyl (C=O) groups is 1. The van der Waals surface area contributed by atoms with Gasteiger partial charge in [-0.3, -0.25) is 4.79 Å². The molecule has 3 nitrogen and oxygen atoms in total. The Bertz CT molecular complexity index is 543. The van der Waals surface area contributed by atoms with Crippen molar-refractivity contribution in [3.8, 4) is 11.6 Å². The van der Waals surface area contributed by atoms with Crippen molar-refractivity contribution in [3.63, 3.8) is 0 Å². The highest BCUT2D eigenvalue weighted by Crippen LogP contribution is 2.30. The van der Waals surface area contributed by atoms with Gasteiger partial charge in [0.25, 0.3) is 0 Å². The Balaban J connectivity index is 2.22. The van der Waals surface area contributed by atoms with E-state index >= 15 is 0 Å². The second kappa shape index (κ2) is 5.29. The minimum absolute atomic E-state index is 0.415. The standard InChI is InChI=1S/C12H7BrClNO2/c13-10-5-9(14)2-3-11(10)17-12-4-1-8(7-16)6-15-12/h1-7H. The van der Waals surface area contributed by atoms with Crippen molar-refractivity contribution in [1.82, 2.24) is 4.98 Å². The zero-order valence-electron chi connectivity index (χ0n) is 8.56. The molecule has 0 aliphatic heterocycles. The lowest BCUT2D eigenvalue weighted by atomic mass is 10.3. The molecule has 17 heavy (non-hydrogen) atoms. The summed E-state index contributed by atoms with van der Waals surface area (Å²) >= 11 is 9.16. The Kier molecular flexibility index (Phi) is 3.76. The fourth-order valence-electron chi connectivity index (χ4n) is 1.19. The minimum Gasteiger partial charge on any atom is -0.438 e. The molecule has 0 N–H and O–H groups in total. The molecule has 0 unspecified atom stereocenters. The summed E-state index contributed by atoms with van der Waals surface area (Å²) in [6.45, 7) is 0. The van der Waals surface area contributed by atoms with Crippen LogP contribution in [0.1, 0.15) is 10.4 Å². The van der Waals surface area contributed by atoms with Crippen molar-refractivity contribution in [2.45, 2.75) is 0 Å². The van der Waals surface area contributed by atoms with Gasteiger partial charge >= 0.3 is 0 Å². The molecule has 1 heterocycles. The summed E-state index contributed by atoms with van der Waals surface area (Å²) in [6, 6.07) is 8.46. The van der Waals surface area contributed by atoms with Gasteiger partial charge in [0.15, 0.2) is 6.29 Å². The third kappa shape index (κ3) is 3.05. The van der Waals surface area contributed by atoms with E-state index in [2.05, 4.69) is 20.9 Å². The second-order valence-electron chi connectivity index (χ2n) is 3.22. The predicted octanol–water partition coefficient (Wildman–Crippen LogP) is 4.10. The lowest BCUT2D eigenvalue weighted by molar-refractivity contribution is 0.112. The molecule has 0 aliphatic rings. The number of rotatable bonds is 3. The maximum absolute atomic E-state index is 10.5. The van der Waals surface area contributed by atoms with Crippen LogP contribution in [0.5, 0.6) is 11.6 Å². The molecule has 0 fully saturated rings. The zero-order valence-corrected chi connectivity index (χ0v) is 10.9. The summed E-state index contributed by atoms with van der Waals surface area (Å²) in [7, 11) is 0. The van der Waals surface area contributed by atoms with Crippen LogP contribution in [0.25, 0.3) is 0 Å². The summed E-state index contributed by atoms with van der Waals surface area (Å²) in [6.07, 6.45) is 2.18. The van der Waals surface area contributed by atoms with Crippen molar-refractivity contribution in [2.24, 2.45) is 0 Å². The highest BCUT2D eigenvalue weighted by Gasteiger charge is 2.04. The quantitative estimate of drug-likeness (QED) is 0.801. The van der Waals surface area contributed by atoms with Gasteiger partial charge in [-0.25, -0.2) is 4.98 Å². The Morgan fingerprint density at radius 2 is 2.12 bits per heavy atom. The Hall–Kier alpha value is -1.39. The number of aldehydes is 1. The highest BCUT2D eigenvalue weighted by molar-refractivity contribution is 9.10. The summed E-state index contributed by atoms with van der Waals surface area (Å²) in [5, 5.41) is 0.619. The number of hydrogen-bond acceptors (Lipinski definition) is 3. The van der Waals surface area contributed by atoms with Gasteiger partial charge in [0.2, 0.25) is 5.88 Å². The Labute approximate surface area is 112 Å². The van der Waals surface area contributed by atoms with Gasteiger partial charge in [0, 0.05) is 22.8 Å². The molecule has 2 aromatic rings. The van der Waals surface area contributed by atoms with Crippen molar-refractivity contribution >= 4 is 33.8 Å². The molecule has 0 saturated heterocycles. The lowest BCUT2D eigenvalue weighted by Crippen LogP contribution is -1.90. The van der Waals surface area contributed by atoms with E-state index in [-0.39, 0.29) is 0 Å². The number of aromatic nitrogens is 1. The molecule has 0 radical (unpaired) electrons. The molecule has 1 aromatic carbocycles. The van der Waals surface area contributed by atoms with Crippen LogP contribution in [0.2, 0.25) is 5.02 Å². The van der Waals surface area contributed by atoms with E-state index in [4.69, 9.17) is 16.3 Å². The molecule has 5 heteroatoms. The van der Waals surface area contributed by atoms with Crippen LogP contribution in [0.3, 0.4) is 0 Å². The predicted molar refractivity (Wildman–Crippen MR) is 68.9 cm³/mol. The fourth-order valence-corrected chi connectivity index (χ4v) is 1.96. The highest BCUT2D eigenvalue weighted by atomic mass is 79.9. The number of nitrogens with zero attached hydrogens (tertiary/aromatic N) is 1. The first-order valence-corrected chi connectivity index (χ1v) is 5.90. The van der Waals surface area contributed by atoms with Crippen molar-refractivity contribution in [1.29, 1.82) is 0 Å². The molecular formula is C12H7BrClNO2. The Morgan fingerprint density at radius 1 is 1.29 bits per heavy atom. The van der Waals surface area contributed by atoms with Crippen LogP contribution in [-0.4, -0.2) is 11.3 Å². The summed E-state index contributed by atoms with van der Waals surface area (Å²) in [5.41, 5.74) is 0.507. The molecule has 86 valence electrons. The first-order chi connectivity index (χ1) is 8.19. The third-order valence-corrected chi connectivity index (χ3v) is 2.86. The molecule has 0 atom stereocenters. The number of carbonyl (C=O) groups excluding carboxylic acids is 1. The van der Waals surface area contributed by atoms with Crippen LogP contribution in [-0.2, 0) is 0 Å². The molecule has 2 rings (SSSR count). The van der Waals surface area contributed by atoms with Crippen molar-refractivity contribution in [2.75, 3.05) is 0 Å². The molecule has 1 aromatic heterocycles. The van der Waals surface area contributed by atoms with Crippen LogP contribution in [0, 0.1) is 0 Å². The minimum atomic E-state index is 0.415. The molecule has 0 bridgehead atoms. The summed E-state index contributed by atoms with van der Waals surface area (Å²) in [5.74, 6) is 1.03. The van der Waals surface area contributed by atoms with E-state index in [1.807, 2.05) is 0 Å². The number of benzene rings is 1. The maximum Gasteiger partial charge on any atom is 0.219 e. The number of halogens is 2. The molecule has 0 aliphatic carbocycles. The van der Waals surface area contributed by atoms with Gasteiger partial charge in [-0.2, -0.15) is 0 Å². The zero-order chi connectivity index (χ0) is 12.3. The van der Waals surface area contributed by atoms with E-state index < -0.39 is 0 Å². The van der Waals surface area contributed by atoms with Crippen molar-refractivity contribution < 1.29 is 9.53 Å².